The average Bonchev–Trinajstić information content (AvgIpc) is 3.10. The topological polar surface area (TPSA) is 131 Å². The van der Waals surface area contributed by atoms with Crippen LogP contribution < -0.4 is 10.6 Å². The fraction of sp³-hybridized carbons (Fsp3) is 0.850. The third-order valence-electron chi connectivity index (χ3n) is 4.76. The number of methoxy groups -OCH3 is 2. The van der Waals surface area contributed by atoms with Gasteiger partial charge in [-0.15, -0.1) is 0 Å². The number of fused-ring (bicyclic) bond motifs is 1. The van der Waals surface area contributed by atoms with E-state index in [1.165, 1.54) is 21.1 Å². The Morgan fingerprint density at radius 3 is 2.29 bits per heavy atom. The summed E-state index contributed by atoms with van der Waals surface area (Å²) in [5.41, 5.74) is -0.706. The van der Waals surface area contributed by atoms with Crippen molar-refractivity contribution in [2.45, 2.75) is 96.0 Å². The van der Waals surface area contributed by atoms with Gasteiger partial charge in [-0.3, -0.25) is 9.59 Å². The fourth-order valence-corrected chi connectivity index (χ4v) is 3.47. The Labute approximate surface area is 182 Å². The number of esters is 1. The normalized spacial score (nSPS) is 28.9. The number of ether oxygens (including phenoxy) is 6. The molecule has 0 radical (unpaired) electrons. The van der Waals surface area contributed by atoms with Crippen LogP contribution in [0, 0.1) is 0 Å². The van der Waals surface area contributed by atoms with Gasteiger partial charge in [0.15, 0.2) is 12.1 Å². The second kappa shape index (κ2) is 9.68. The van der Waals surface area contributed by atoms with Crippen molar-refractivity contribution in [2.24, 2.45) is 0 Å². The first-order chi connectivity index (χ1) is 14.3. The number of nitrogens with one attached hydrogen (secondary N) is 2. The summed E-state index contributed by atoms with van der Waals surface area (Å²) in [7, 11) is 2.74. The molecule has 178 valence electrons. The van der Waals surface area contributed by atoms with Gasteiger partial charge >= 0.3 is 12.1 Å². The van der Waals surface area contributed by atoms with E-state index in [1.54, 1.807) is 34.6 Å². The molecule has 0 bridgehead atoms. The first kappa shape index (κ1) is 25.3. The monoisotopic (exact) mass is 446 g/mol. The molecule has 0 spiro atoms. The van der Waals surface area contributed by atoms with Gasteiger partial charge in [0.1, 0.15) is 30.0 Å². The largest absolute Gasteiger partial charge is 0.469 e. The second-order valence-corrected chi connectivity index (χ2v) is 9.03. The Morgan fingerprint density at radius 1 is 1.10 bits per heavy atom. The minimum Gasteiger partial charge on any atom is -0.469 e. The van der Waals surface area contributed by atoms with E-state index in [9.17, 15) is 14.4 Å². The molecular weight excluding hydrogens is 412 g/mol. The number of carbonyl (C=O) groups excluding carboxylic acids is 3. The van der Waals surface area contributed by atoms with E-state index in [-0.39, 0.29) is 6.42 Å². The summed E-state index contributed by atoms with van der Waals surface area (Å²) < 4.78 is 33.1. The maximum Gasteiger partial charge on any atom is 0.408 e. The molecule has 11 heteroatoms. The van der Waals surface area contributed by atoms with Gasteiger partial charge in [-0.25, -0.2) is 4.79 Å². The van der Waals surface area contributed by atoms with Crippen LogP contribution in [0.25, 0.3) is 0 Å². The van der Waals surface area contributed by atoms with Crippen molar-refractivity contribution in [2.75, 3.05) is 14.2 Å². The molecule has 6 atom stereocenters. The summed E-state index contributed by atoms with van der Waals surface area (Å²) >= 11 is 0. The van der Waals surface area contributed by atoms with Gasteiger partial charge in [0.25, 0.3) is 0 Å². The van der Waals surface area contributed by atoms with Crippen LogP contribution in [0.3, 0.4) is 0 Å². The van der Waals surface area contributed by atoms with Crippen molar-refractivity contribution in [3.05, 3.63) is 0 Å². The van der Waals surface area contributed by atoms with Crippen molar-refractivity contribution in [1.82, 2.24) is 10.6 Å². The summed E-state index contributed by atoms with van der Waals surface area (Å²) in [4.78, 5) is 36.7. The molecule has 0 aromatic carbocycles. The zero-order valence-corrected chi connectivity index (χ0v) is 19.3. The summed E-state index contributed by atoms with van der Waals surface area (Å²) in [6.45, 7) is 10.2. The van der Waals surface area contributed by atoms with Gasteiger partial charge in [-0.1, -0.05) is 0 Å². The van der Waals surface area contributed by atoms with Crippen LogP contribution in [0.2, 0.25) is 0 Å². The van der Waals surface area contributed by atoms with Gasteiger partial charge in [0.05, 0.1) is 19.6 Å². The number of alkyl carbamates (subject to hydrolysis) is 1. The average molecular weight is 446 g/mol. The molecule has 31 heavy (non-hydrogen) atoms. The molecule has 2 amide bonds. The van der Waals surface area contributed by atoms with Gasteiger partial charge in [-0.2, -0.15) is 0 Å². The minimum absolute atomic E-state index is 0.172. The van der Waals surface area contributed by atoms with E-state index in [0.717, 1.165) is 0 Å². The smallest absolute Gasteiger partial charge is 0.408 e. The Bertz CT molecular complexity index is 676. The van der Waals surface area contributed by atoms with Crippen molar-refractivity contribution >= 4 is 18.0 Å². The predicted molar refractivity (Wildman–Crippen MR) is 107 cm³/mol. The van der Waals surface area contributed by atoms with Crippen molar-refractivity contribution < 1.29 is 42.8 Å². The number of carbonyl (C=O) groups is 3. The molecular formula is C20H34N2O9. The van der Waals surface area contributed by atoms with E-state index in [1.807, 2.05) is 0 Å². The van der Waals surface area contributed by atoms with Crippen LogP contribution >= 0.6 is 0 Å². The maximum atomic E-state index is 12.7. The van der Waals surface area contributed by atoms with E-state index in [4.69, 9.17) is 28.4 Å². The zero-order chi connectivity index (χ0) is 23.6. The van der Waals surface area contributed by atoms with Gasteiger partial charge < -0.3 is 39.1 Å². The lowest BCUT2D eigenvalue weighted by atomic mass is 10.00. The van der Waals surface area contributed by atoms with Crippen molar-refractivity contribution in [3.8, 4) is 0 Å². The molecule has 2 aliphatic heterocycles. The van der Waals surface area contributed by atoms with Gasteiger partial charge in [-0.05, 0) is 41.5 Å². The molecule has 2 heterocycles. The first-order valence-electron chi connectivity index (χ1n) is 10.2. The zero-order valence-electron chi connectivity index (χ0n) is 19.3. The summed E-state index contributed by atoms with van der Waals surface area (Å²) in [5, 5.41) is 5.20. The van der Waals surface area contributed by atoms with Crippen LogP contribution in [0.5, 0.6) is 0 Å². The number of hydrogen-bond donors (Lipinski definition) is 2. The Morgan fingerprint density at radius 2 is 1.74 bits per heavy atom. The SMILES string of the molecule is COC(=O)C[C@@H](NC(=O)[C@H](C)NC(=O)OC(C)(C)C)[C@H]1O[C@@H]2OC(C)(C)O[C@@H]2[C@@H]1OC. The Hall–Kier alpha value is -1.95. The second-order valence-electron chi connectivity index (χ2n) is 9.03. The van der Waals surface area contributed by atoms with Crippen LogP contribution in [-0.2, 0) is 38.0 Å². The van der Waals surface area contributed by atoms with E-state index in [0.29, 0.717) is 0 Å². The van der Waals surface area contributed by atoms with Crippen molar-refractivity contribution in [3.63, 3.8) is 0 Å². The molecule has 2 aliphatic rings. The van der Waals surface area contributed by atoms with E-state index < -0.39 is 66.0 Å². The highest BCUT2D eigenvalue weighted by atomic mass is 16.8. The lowest BCUT2D eigenvalue weighted by Crippen LogP contribution is -2.55. The molecule has 2 fully saturated rings. The van der Waals surface area contributed by atoms with E-state index in [2.05, 4.69) is 10.6 Å². The fourth-order valence-electron chi connectivity index (χ4n) is 3.47. The highest BCUT2D eigenvalue weighted by molar-refractivity contribution is 5.86. The summed E-state index contributed by atoms with van der Waals surface area (Å²) in [6, 6.07) is -1.74. The van der Waals surface area contributed by atoms with Crippen molar-refractivity contribution in [1.29, 1.82) is 0 Å². The number of hydrogen-bond acceptors (Lipinski definition) is 9. The molecule has 0 aromatic rings. The van der Waals surface area contributed by atoms with Crippen LogP contribution in [0.15, 0.2) is 0 Å². The quantitative estimate of drug-likeness (QED) is 0.546. The lowest BCUT2D eigenvalue weighted by Gasteiger charge is -2.31. The minimum atomic E-state index is -0.927. The predicted octanol–water partition coefficient (Wildman–Crippen LogP) is 0.839. The standard InChI is InChI=1S/C20H34N2O9/c1-10(21-18(25)31-19(2,3)4)16(24)22-11(9-12(23)26-7)13-14(27-8)15-17(28-13)30-20(5,6)29-15/h10-11,13-15,17H,9H2,1-8H3,(H,21,25)(H,22,24)/t10-,11+,13+,14+,15+,17+/m0/s1. The third kappa shape index (κ3) is 6.76. The maximum absolute atomic E-state index is 12.7. The highest BCUT2D eigenvalue weighted by Crippen LogP contribution is 2.39. The molecule has 0 saturated carbocycles. The molecule has 0 aromatic heterocycles. The highest BCUT2D eigenvalue weighted by Gasteiger charge is 2.57. The van der Waals surface area contributed by atoms with Gasteiger partial charge in [0, 0.05) is 7.11 Å². The molecule has 0 unspecified atom stereocenters. The first-order valence-corrected chi connectivity index (χ1v) is 10.2. The molecule has 11 nitrogen and oxygen atoms in total. The van der Waals surface area contributed by atoms with Crippen LogP contribution in [0.1, 0.15) is 48.0 Å². The lowest BCUT2D eigenvalue weighted by molar-refractivity contribution is -0.220. The molecule has 0 aliphatic carbocycles. The number of amides is 2. The van der Waals surface area contributed by atoms with Gasteiger partial charge in [0.2, 0.25) is 5.91 Å². The van der Waals surface area contributed by atoms with Crippen LogP contribution in [0.4, 0.5) is 4.79 Å². The molecule has 2 saturated heterocycles. The Balaban J connectivity index is 2.09. The molecule has 2 N–H and O–H groups in total. The molecule has 2 rings (SSSR count). The summed E-state index contributed by atoms with van der Waals surface area (Å²) in [6.07, 6.45) is -3.48. The third-order valence-corrected chi connectivity index (χ3v) is 4.76. The number of rotatable bonds is 7. The van der Waals surface area contributed by atoms with Crippen LogP contribution in [-0.4, -0.2) is 80.3 Å². The summed E-state index contributed by atoms with van der Waals surface area (Å²) in [5.74, 6) is -1.92. The Kier molecular flexibility index (Phi) is 7.90. The van der Waals surface area contributed by atoms with E-state index >= 15 is 0 Å².